The number of hydrogen-bond acceptors (Lipinski definition) is 5. The summed E-state index contributed by atoms with van der Waals surface area (Å²) in [4.78, 5) is 34.8. The number of nitrogens with zero attached hydrogens (tertiary/aromatic N) is 3. The lowest BCUT2D eigenvalue weighted by molar-refractivity contribution is 0.00242. The van der Waals surface area contributed by atoms with Crippen LogP contribution < -0.4 is 0 Å². The topological polar surface area (TPSA) is 92.1 Å². The van der Waals surface area contributed by atoms with Gasteiger partial charge in [0.2, 0.25) is 0 Å². The number of pyridine rings is 1. The summed E-state index contributed by atoms with van der Waals surface area (Å²) < 4.78 is 5.67. The Kier molecular flexibility index (Phi) is 7.41. The molecule has 2 heterocycles. The maximum Gasteiger partial charge on any atom is 0.411 e. The minimum Gasteiger partial charge on any atom is -0.477 e. The molecule has 0 aromatic carbocycles. The monoisotopic (exact) mass is 421 g/mol. The van der Waals surface area contributed by atoms with Gasteiger partial charge in [0.05, 0.1) is 28.5 Å². The summed E-state index contributed by atoms with van der Waals surface area (Å²) in [5.41, 5.74) is 0.352. The molecule has 7 nitrogen and oxygen atoms in total. The Balaban J connectivity index is 2.54. The van der Waals surface area contributed by atoms with Gasteiger partial charge in [-0.25, -0.2) is 14.6 Å². The first kappa shape index (κ1) is 22.9. The second-order valence-corrected chi connectivity index (χ2v) is 8.26. The van der Waals surface area contributed by atoms with Gasteiger partial charge in [0, 0.05) is 7.05 Å². The fraction of sp³-hybridized carbons (Fsp3) is 0.524. The minimum absolute atomic E-state index is 0.0652. The van der Waals surface area contributed by atoms with Gasteiger partial charge >= 0.3 is 12.1 Å². The second-order valence-electron chi connectivity index (χ2n) is 7.85. The van der Waals surface area contributed by atoms with E-state index < -0.39 is 29.7 Å². The van der Waals surface area contributed by atoms with E-state index in [1.54, 1.807) is 50.9 Å². The number of ether oxygens (including phenoxy) is 1. The zero-order valence-corrected chi connectivity index (χ0v) is 18.2. The fourth-order valence-electron chi connectivity index (χ4n) is 3.45. The van der Waals surface area contributed by atoms with E-state index in [1.165, 1.54) is 6.07 Å². The highest BCUT2D eigenvalue weighted by molar-refractivity contribution is 6.44. The predicted octanol–water partition coefficient (Wildman–Crippen LogP) is 4.82. The highest BCUT2D eigenvalue weighted by Crippen LogP contribution is 2.37. The number of carboxylic acid groups (broad SMARTS) is 1. The Hall–Kier alpha value is -2.41. The SMILES string of the molecule is C/C=C(/Cl)C(=NC)C1CCCC(c2cccc(C(=O)O)n2)N1C(=O)OC(C)(C)C. The summed E-state index contributed by atoms with van der Waals surface area (Å²) in [7, 11) is 1.64. The number of likely N-dealkylation sites (tertiary alicyclic amines) is 1. The lowest BCUT2D eigenvalue weighted by Crippen LogP contribution is -2.51. The first-order valence-electron chi connectivity index (χ1n) is 9.59. The number of carbonyl (C=O) groups excluding carboxylic acids is 1. The molecule has 0 radical (unpaired) electrons. The molecule has 1 amide bonds. The highest BCUT2D eigenvalue weighted by atomic mass is 35.5. The molecule has 1 saturated heterocycles. The summed E-state index contributed by atoms with van der Waals surface area (Å²) in [5, 5.41) is 9.78. The zero-order valence-electron chi connectivity index (χ0n) is 17.5. The Morgan fingerprint density at radius 2 is 2.03 bits per heavy atom. The average Bonchev–Trinajstić information content (AvgIpc) is 2.66. The molecular weight excluding hydrogens is 394 g/mol. The molecule has 29 heavy (non-hydrogen) atoms. The fourth-order valence-corrected chi connectivity index (χ4v) is 3.66. The normalized spacial score (nSPS) is 21.1. The molecular formula is C21H28ClN3O4. The van der Waals surface area contributed by atoms with E-state index in [2.05, 4.69) is 9.98 Å². The van der Waals surface area contributed by atoms with Crippen LogP contribution in [0.15, 0.2) is 34.3 Å². The molecule has 1 aliphatic heterocycles. The molecule has 8 heteroatoms. The Bertz CT molecular complexity index is 829. The molecule has 0 saturated carbocycles. The number of aliphatic imine (C=N–C) groups is 1. The van der Waals surface area contributed by atoms with Crippen LogP contribution in [0.5, 0.6) is 0 Å². The lowest BCUT2D eigenvalue weighted by atomic mass is 9.90. The van der Waals surface area contributed by atoms with Crippen LogP contribution >= 0.6 is 11.6 Å². The number of halogens is 1. The van der Waals surface area contributed by atoms with E-state index in [-0.39, 0.29) is 5.69 Å². The molecule has 1 N–H and O–H groups in total. The smallest absolute Gasteiger partial charge is 0.411 e. The summed E-state index contributed by atoms with van der Waals surface area (Å²) in [6.07, 6.45) is 3.35. The molecule has 1 aromatic heterocycles. The van der Waals surface area contributed by atoms with Gasteiger partial charge in [0.25, 0.3) is 0 Å². The summed E-state index contributed by atoms with van der Waals surface area (Å²) in [5.74, 6) is -1.12. The van der Waals surface area contributed by atoms with E-state index in [0.717, 1.165) is 6.42 Å². The lowest BCUT2D eigenvalue weighted by Gasteiger charge is -2.42. The van der Waals surface area contributed by atoms with Crippen molar-refractivity contribution in [3.8, 4) is 0 Å². The van der Waals surface area contributed by atoms with Crippen molar-refractivity contribution < 1.29 is 19.4 Å². The number of carboxylic acids is 1. The molecule has 158 valence electrons. The minimum atomic E-state index is -1.12. The van der Waals surface area contributed by atoms with Crippen LogP contribution in [0, 0.1) is 0 Å². The van der Waals surface area contributed by atoms with E-state index in [4.69, 9.17) is 16.3 Å². The Labute approximate surface area is 176 Å². The van der Waals surface area contributed by atoms with Crippen LogP contribution in [0.4, 0.5) is 4.79 Å². The van der Waals surface area contributed by atoms with Crippen molar-refractivity contribution in [3.05, 3.63) is 40.7 Å². The van der Waals surface area contributed by atoms with Crippen molar-refractivity contribution in [1.82, 2.24) is 9.88 Å². The standard InChI is InChI=1S/C21H28ClN3O4/c1-6-13(22)18(23-5)17-12-8-11-16(25(17)20(28)29-21(2,3)4)14-9-7-10-15(24-14)19(26)27/h6-7,9-10,16-17H,8,11-12H2,1-5H3,(H,26,27)/b13-6+,23-18?. The zero-order chi connectivity index (χ0) is 21.8. The Morgan fingerprint density at radius 3 is 2.59 bits per heavy atom. The van der Waals surface area contributed by atoms with Crippen LogP contribution in [0.25, 0.3) is 0 Å². The van der Waals surface area contributed by atoms with E-state index in [0.29, 0.717) is 29.3 Å². The maximum absolute atomic E-state index is 13.2. The van der Waals surface area contributed by atoms with Gasteiger partial charge in [-0.15, -0.1) is 0 Å². The van der Waals surface area contributed by atoms with Crippen molar-refractivity contribution in [1.29, 1.82) is 0 Å². The predicted molar refractivity (Wildman–Crippen MR) is 113 cm³/mol. The van der Waals surface area contributed by atoms with Crippen LogP contribution in [0.1, 0.15) is 69.2 Å². The van der Waals surface area contributed by atoms with Crippen molar-refractivity contribution >= 4 is 29.4 Å². The number of allylic oxidation sites excluding steroid dienone is 1. The molecule has 0 bridgehead atoms. The number of piperidine rings is 1. The number of aromatic nitrogens is 1. The van der Waals surface area contributed by atoms with Gasteiger partial charge in [-0.05, 0) is 59.1 Å². The van der Waals surface area contributed by atoms with Crippen molar-refractivity contribution in [2.75, 3.05) is 7.05 Å². The van der Waals surface area contributed by atoms with Crippen LogP contribution in [-0.4, -0.2) is 51.5 Å². The van der Waals surface area contributed by atoms with Crippen molar-refractivity contribution in [2.24, 2.45) is 4.99 Å². The summed E-state index contributed by atoms with van der Waals surface area (Å²) >= 11 is 6.39. The molecule has 2 unspecified atom stereocenters. The molecule has 2 atom stereocenters. The second kappa shape index (κ2) is 9.39. The first-order chi connectivity index (χ1) is 13.6. The van der Waals surface area contributed by atoms with Gasteiger partial charge in [-0.1, -0.05) is 23.7 Å². The van der Waals surface area contributed by atoms with Gasteiger partial charge in [0.1, 0.15) is 11.3 Å². The number of rotatable bonds is 4. The van der Waals surface area contributed by atoms with Gasteiger partial charge in [-0.2, -0.15) is 0 Å². The van der Waals surface area contributed by atoms with E-state index in [9.17, 15) is 14.7 Å². The first-order valence-corrected chi connectivity index (χ1v) is 9.97. The Morgan fingerprint density at radius 1 is 1.34 bits per heavy atom. The molecule has 0 aliphatic carbocycles. The molecule has 1 fully saturated rings. The molecule has 2 rings (SSSR count). The highest BCUT2D eigenvalue weighted by Gasteiger charge is 2.41. The molecule has 1 aliphatic rings. The van der Waals surface area contributed by atoms with Gasteiger partial charge in [-0.3, -0.25) is 9.89 Å². The third-order valence-corrected chi connectivity index (χ3v) is 5.03. The average molecular weight is 422 g/mol. The van der Waals surface area contributed by atoms with Gasteiger partial charge in [0.15, 0.2) is 0 Å². The van der Waals surface area contributed by atoms with Crippen LogP contribution in [0.2, 0.25) is 0 Å². The summed E-state index contributed by atoms with van der Waals surface area (Å²) in [6, 6.07) is 3.96. The third kappa shape index (κ3) is 5.56. The maximum atomic E-state index is 13.2. The van der Waals surface area contributed by atoms with Crippen molar-refractivity contribution in [2.45, 2.75) is 64.6 Å². The summed E-state index contributed by atoms with van der Waals surface area (Å²) in [6.45, 7) is 7.21. The van der Waals surface area contributed by atoms with Gasteiger partial charge < -0.3 is 9.84 Å². The van der Waals surface area contributed by atoms with E-state index in [1.807, 2.05) is 6.92 Å². The molecule has 1 aromatic rings. The number of amides is 1. The largest absolute Gasteiger partial charge is 0.477 e. The number of aromatic carboxylic acids is 1. The number of carbonyl (C=O) groups is 2. The van der Waals surface area contributed by atoms with Crippen LogP contribution in [-0.2, 0) is 4.74 Å². The number of hydrogen-bond donors (Lipinski definition) is 1. The molecule has 0 spiro atoms. The third-order valence-electron chi connectivity index (χ3n) is 4.62. The van der Waals surface area contributed by atoms with Crippen LogP contribution in [0.3, 0.4) is 0 Å². The van der Waals surface area contributed by atoms with E-state index >= 15 is 0 Å². The quantitative estimate of drug-likeness (QED) is 0.703. The van der Waals surface area contributed by atoms with Crippen molar-refractivity contribution in [3.63, 3.8) is 0 Å².